The van der Waals surface area contributed by atoms with Gasteiger partial charge in [-0.2, -0.15) is 0 Å². The second-order valence-corrected chi connectivity index (χ2v) is 5.01. The predicted molar refractivity (Wildman–Crippen MR) is 67.9 cm³/mol. The Labute approximate surface area is 111 Å². The Hall–Kier alpha value is -1.82. The Kier molecular flexibility index (Phi) is 3.90. The molecular weight excluding hydrogens is 248 g/mol. The van der Waals surface area contributed by atoms with Crippen LogP contribution >= 0.6 is 0 Å². The predicted octanol–water partition coefficient (Wildman–Crippen LogP) is 0.997. The molecule has 0 spiro atoms. The summed E-state index contributed by atoms with van der Waals surface area (Å²) in [6, 6.07) is 1.86. The van der Waals surface area contributed by atoms with Crippen LogP contribution in [0.25, 0.3) is 0 Å². The second kappa shape index (κ2) is 5.44. The van der Waals surface area contributed by atoms with E-state index in [1.54, 1.807) is 6.92 Å². The summed E-state index contributed by atoms with van der Waals surface area (Å²) >= 11 is 0. The summed E-state index contributed by atoms with van der Waals surface area (Å²) in [4.78, 5) is 24.2. The maximum Gasteiger partial charge on any atom is 0.371 e. The lowest BCUT2D eigenvalue weighted by Gasteiger charge is -2.15. The van der Waals surface area contributed by atoms with E-state index in [0.29, 0.717) is 24.9 Å². The van der Waals surface area contributed by atoms with Gasteiger partial charge in [0.05, 0.1) is 6.54 Å². The molecule has 1 aromatic heterocycles. The van der Waals surface area contributed by atoms with Crippen molar-refractivity contribution in [1.29, 1.82) is 0 Å². The van der Waals surface area contributed by atoms with Crippen molar-refractivity contribution < 1.29 is 19.1 Å². The molecule has 0 radical (unpaired) electrons. The van der Waals surface area contributed by atoms with Gasteiger partial charge in [-0.1, -0.05) is 0 Å². The first kappa shape index (κ1) is 13.6. The maximum atomic E-state index is 11.6. The molecule has 0 atom stereocenters. The molecule has 1 aromatic rings. The van der Waals surface area contributed by atoms with E-state index in [1.165, 1.54) is 6.07 Å². The lowest BCUT2D eigenvalue weighted by atomic mass is 10.2. The summed E-state index contributed by atoms with van der Waals surface area (Å²) in [5, 5.41) is 11.7. The van der Waals surface area contributed by atoms with Crippen LogP contribution in [0.15, 0.2) is 10.5 Å². The van der Waals surface area contributed by atoms with Crippen molar-refractivity contribution in [3.8, 4) is 0 Å². The van der Waals surface area contributed by atoms with Crippen LogP contribution in [0, 0.1) is 6.92 Å². The van der Waals surface area contributed by atoms with Crippen molar-refractivity contribution in [1.82, 2.24) is 10.2 Å². The Morgan fingerprint density at radius 2 is 2.21 bits per heavy atom. The third kappa shape index (κ3) is 3.82. The average molecular weight is 266 g/mol. The number of carboxylic acid groups (broad SMARTS) is 1. The minimum Gasteiger partial charge on any atom is -0.475 e. The van der Waals surface area contributed by atoms with Crippen LogP contribution in [-0.2, 0) is 11.3 Å². The van der Waals surface area contributed by atoms with E-state index in [4.69, 9.17) is 9.52 Å². The molecule has 2 rings (SSSR count). The first-order valence-electron chi connectivity index (χ1n) is 6.26. The first-order valence-corrected chi connectivity index (χ1v) is 6.26. The molecule has 0 saturated heterocycles. The zero-order valence-electron chi connectivity index (χ0n) is 11.1. The molecule has 6 heteroatoms. The highest BCUT2D eigenvalue weighted by Gasteiger charge is 2.23. The van der Waals surface area contributed by atoms with Crippen LogP contribution in [0.5, 0.6) is 0 Å². The van der Waals surface area contributed by atoms with Crippen molar-refractivity contribution in [2.45, 2.75) is 32.4 Å². The summed E-state index contributed by atoms with van der Waals surface area (Å²) in [6.45, 7) is 2.50. The van der Waals surface area contributed by atoms with Gasteiger partial charge < -0.3 is 14.8 Å². The van der Waals surface area contributed by atoms with Crippen LogP contribution in [0.3, 0.4) is 0 Å². The third-order valence-electron chi connectivity index (χ3n) is 3.03. The molecule has 0 bridgehead atoms. The minimum absolute atomic E-state index is 0.00426. The number of likely N-dealkylation sites (N-methyl/N-ethyl adjacent to an activating group) is 1. The Balaban J connectivity index is 1.88. The minimum atomic E-state index is -1.08. The Morgan fingerprint density at radius 3 is 2.74 bits per heavy atom. The number of hydrogen-bond acceptors (Lipinski definition) is 4. The van der Waals surface area contributed by atoms with Gasteiger partial charge in [0.2, 0.25) is 11.7 Å². The largest absolute Gasteiger partial charge is 0.475 e. The first-order chi connectivity index (χ1) is 8.95. The Bertz CT molecular complexity index is 491. The normalized spacial score (nSPS) is 14.7. The molecule has 2 N–H and O–H groups in total. The highest BCUT2D eigenvalue weighted by Crippen LogP contribution is 2.19. The van der Waals surface area contributed by atoms with Crippen molar-refractivity contribution in [3.63, 3.8) is 0 Å². The zero-order valence-corrected chi connectivity index (χ0v) is 11.1. The van der Waals surface area contributed by atoms with E-state index in [9.17, 15) is 9.59 Å². The fourth-order valence-electron chi connectivity index (χ4n) is 1.88. The molecule has 0 aromatic carbocycles. The van der Waals surface area contributed by atoms with E-state index >= 15 is 0 Å². The van der Waals surface area contributed by atoms with Crippen LogP contribution in [-0.4, -0.2) is 41.5 Å². The Morgan fingerprint density at radius 1 is 1.53 bits per heavy atom. The molecule has 0 aliphatic heterocycles. The topological polar surface area (TPSA) is 82.8 Å². The highest BCUT2D eigenvalue weighted by molar-refractivity contribution is 5.84. The van der Waals surface area contributed by atoms with Crippen molar-refractivity contribution in [3.05, 3.63) is 23.2 Å². The van der Waals surface area contributed by atoms with Gasteiger partial charge >= 0.3 is 5.97 Å². The molecule has 1 amide bonds. The molecule has 104 valence electrons. The van der Waals surface area contributed by atoms with Gasteiger partial charge in [0, 0.05) is 18.2 Å². The van der Waals surface area contributed by atoms with Gasteiger partial charge in [-0.3, -0.25) is 9.69 Å². The summed E-state index contributed by atoms with van der Waals surface area (Å²) in [5.74, 6) is -0.566. The molecule has 1 saturated carbocycles. The summed E-state index contributed by atoms with van der Waals surface area (Å²) in [6.07, 6.45) is 2.14. The number of hydrogen-bond donors (Lipinski definition) is 2. The maximum absolute atomic E-state index is 11.6. The van der Waals surface area contributed by atoms with E-state index in [-0.39, 0.29) is 11.7 Å². The zero-order chi connectivity index (χ0) is 14.0. The summed E-state index contributed by atoms with van der Waals surface area (Å²) < 4.78 is 5.13. The third-order valence-corrected chi connectivity index (χ3v) is 3.03. The fourth-order valence-corrected chi connectivity index (χ4v) is 1.88. The number of carboxylic acids is 1. The molecular formula is C13H18N2O4. The number of aromatic carboxylic acids is 1. The van der Waals surface area contributed by atoms with E-state index < -0.39 is 5.97 Å². The number of nitrogens with one attached hydrogen (secondary N) is 1. The smallest absolute Gasteiger partial charge is 0.371 e. The van der Waals surface area contributed by atoms with Crippen LogP contribution in [0.4, 0.5) is 0 Å². The van der Waals surface area contributed by atoms with E-state index in [1.807, 2.05) is 11.9 Å². The number of furan rings is 1. The van der Waals surface area contributed by atoms with Gasteiger partial charge in [-0.25, -0.2) is 4.79 Å². The van der Waals surface area contributed by atoms with Crippen molar-refractivity contribution in [2.75, 3.05) is 13.6 Å². The molecule has 1 aliphatic carbocycles. The molecule has 1 heterocycles. The van der Waals surface area contributed by atoms with Gasteiger partial charge in [0.15, 0.2) is 0 Å². The monoisotopic (exact) mass is 266 g/mol. The van der Waals surface area contributed by atoms with Gasteiger partial charge in [0.1, 0.15) is 5.76 Å². The summed E-state index contributed by atoms with van der Waals surface area (Å²) in [5.41, 5.74) is 0.791. The van der Waals surface area contributed by atoms with Crippen molar-refractivity contribution in [2.24, 2.45) is 0 Å². The van der Waals surface area contributed by atoms with Gasteiger partial charge in [-0.15, -0.1) is 0 Å². The second-order valence-electron chi connectivity index (χ2n) is 5.01. The van der Waals surface area contributed by atoms with Crippen molar-refractivity contribution >= 4 is 11.9 Å². The van der Waals surface area contributed by atoms with Crippen LogP contribution < -0.4 is 5.32 Å². The van der Waals surface area contributed by atoms with Crippen LogP contribution in [0.1, 0.15) is 34.7 Å². The molecule has 0 unspecified atom stereocenters. The summed E-state index contributed by atoms with van der Waals surface area (Å²) in [7, 11) is 1.82. The lowest BCUT2D eigenvalue weighted by molar-refractivity contribution is -0.122. The van der Waals surface area contributed by atoms with Gasteiger partial charge in [0.25, 0.3) is 0 Å². The molecule has 1 aliphatic rings. The number of aryl methyl sites for hydroxylation is 1. The number of carbonyl (C=O) groups excluding carboxylic acids is 1. The number of nitrogens with zero attached hydrogens (tertiary/aromatic N) is 1. The molecule has 6 nitrogen and oxygen atoms in total. The standard InChI is InChI=1S/C13H18N2O4/c1-8-9(5-11(19-8)13(17)18)6-15(2)7-12(16)14-10-3-4-10/h5,10H,3-4,6-7H2,1-2H3,(H,14,16)(H,17,18). The number of rotatable bonds is 6. The molecule has 1 fully saturated rings. The number of amides is 1. The van der Waals surface area contributed by atoms with Gasteiger partial charge in [-0.05, 0) is 32.9 Å². The highest BCUT2D eigenvalue weighted by atomic mass is 16.4. The quantitative estimate of drug-likeness (QED) is 0.802. The SMILES string of the molecule is Cc1oc(C(=O)O)cc1CN(C)CC(=O)NC1CC1. The van der Waals surface area contributed by atoms with Crippen LogP contribution in [0.2, 0.25) is 0 Å². The van der Waals surface area contributed by atoms with E-state index in [2.05, 4.69) is 5.32 Å². The average Bonchev–Trinajstić information content (AvgIpc) is 3.02. The fraction of sp³-hybridized carbons (Fsp3) is 0.538. The number of carbonyl (C=O) groups is 2. The molecule has 19 heavy (non-hydrogen) atoms. The van der Waals surface area contributed by atoms with E-state index in [0.717, 1.165) is 18.4 Å². The lowest BCUT2D eigenvalue weighted by Crippen LogP contribution is -2.35.